The third kappa shape index (κ3) is 2.21. The number of aromatic nitrogens is 1. The molecule has 0 amide bonds. The highest BCUT2D eigenvalue weighted by Gasteiger charge is 2.09. The molecule has 6 heteroatoms. The maximum Gasteiger partial charge on any atom is 0.272 e. The molecule has 1 aromatic heterocycles. The number of anilines is 1. The summed E-state index contributed by atoms with van der Waals surface area (Å²) < 4.78 is 29.8. The standard InChI is InChI=1S/C10H10F2N2OS/c1-5-2-6(15-4-8(11)12)3-7-9(5)14-10(13)16-7/h2-3,8H,4H2,1H3,(H2,13,14). The zero-order valence-electron chi connectivity index (χ0n) is 8.54. The molecule has 16 heavy (non-hydrogen) atoms. The predicted octanol–water partition coefficient (Wildman–Crippen LogP) is 2.83. The van der Waals surface area contributed by atoms with Crippen LogP contribution in [0, 0.1) is 6.92 Å². The second-order valence-corrected chi connectivity index (χ2v) is 4.40. The molecule has 3 nitrogen and oxygen atoms in total. The first-order chi connectivity index (χ1) is 7.56. The van der Waals surface area contributed by atoms with Gasteiger partial charge < -0.3 is 10.5 Å². The molecule has 1 aromatic carbocycles. The Morgan fingerprint density at radius 2 is 2.25 bits per heavy atom. The number of benzene rings is 1. The highest BCUT2D eigenvalue weighted by molar-refractivity contribution is 7.22. The molecular weight excluding hydrogens is 234 g/mol. The van der Waals surface area contributed by atoms with E-state index in [1.165, 1.54) is 11.3 Å². The number of fused-ring (bicyclic) bond motifs is 1. The lowest BCUT2D eigenvalue weighted by atomic mass is 10.2. The lowest BCUT2D eigenvalue weighted by Gasteiger charge is -2.06. The normalized spacial score (nSPS) is 11.2. The van der Waals surface area contributed by atoms with E-state index in [4.69, 9.17) is 10.5 Å². The van der Waals surface area contributed by atoms with Crippen LogP contribution in [0.3, 0.4) is 0 Å². The van der Waals surface area contributed by atoms with Crippen LogP contribution in [-0.2, 0) is 0 Å². The molecule has 0 radical (unpaired) electrons. The van der Waals surface area contributed by atoms with Crippen molar-refractivity contribution in [3.8, 4) is 5.75 Å². The third-order valence-corrected chi connectivity index (χ3v) is 2.88. The molecule has 0 spiro atoms. The smallest absolute Gasteiger partial charge is 0.272 e. The van der Waals surface area contributed by atoms with Crippen molar-refractivity contribution in [1.29, 1.82) is 0 Å². The van der Waals surface area contributed by atoms with Crippen LogP contribution in [-0.4, -0.2) is 18.0 Å². The van der Waals surface area contributed by atoms with E-state index in [9.17, 15) is 8.78 Å². The van der Waals surface area contributed by atoms with E-state index in [1.54, 1.807) is 12.1 Å². The quantitative estimate of drug-likeness (QED) is 0.903. The topological polar surface area (TPSA) is 48.1 Å². The minimum Gasteiger partial charge on any atom is -0.488 e. The monoisotopic (exact) mass is 244 g/mol. The van der Waals surface area contributed by atoms with Crippen molar-refractivity contribution in [2.24, 2.45) is 0 Å². The molecule has 0 aliphatic rings. The Bertz CT molecular complexity index is 513. The maximum absolute atomic E-state index is 12.0. The van der Waals surface area contributed by atoms with Gasteiger partial charge in [-0.1, -0.05) is 11.3 Å². The Morgan fingerprint density at radius 3 is 2.94 bits per heavy atom. The molecule has 0 atom stereocenters. The summed E-state index contributed by atoms with van der Waals surface area (Å²) in [6, 6.07) is 3.36. The van der Waals surface area contributed by atoms with Crippen LogP contribution in [0.15, 0.2) is 12.1 Å². The fraction of sp³-hybridized carbons (Fsp3) is 0.300. The molecule has 0 saturated carbocycles. The average molecular weight is 244 g/mol. The molecule has 2 N–H and O–H groups in total. The fourth-order valence-corrected chi connectivity index (χ4v) is 2.27. The van der Waals surface area contributed by atoms with Gasteiger partial charge >= 0.3 is 0 Å². The first-order valence-electron chi connectivity index (χ1n) is 4.64. The van der Waals surface area contributed by atoms with Gasteiger partial charge in [-0.3, -0.25) is 0 Å². The minimum absolute atomic E-state index is 0.425. The van der Waals surface area contributed by atoms with Crippen molar-refractivity contribution < 1.29 is 13.5 Å². The minimum atomic E-state index is -2.47. The highest BCUT2D eigenvalue weighted by atomic mass is 32.1. The first kappa shape index (κ1) is 11.1. The van der Waals surface area contributed by atoms with Gasteiger partial charge in [-0.2, -0.15) is 0 Å². The average Bonchev–Trinajstić information content (AvgIpc) is 2.56. The van der Waals surface area contributed by atoms with Gasteiger partial charge in [0.25, 0.3) is 6.43 Å². The summed E-state index contributed by atoms with van der Waals surface area (Å²) in [5.41, 5.74) is 7.25. The Hall–Kier alpha value is -1.43. The Morgan fingerprint density at radius 1 is 1.50 bits per heavy atom. The largest absolute Gasteiger partial charge is 0.488 e. The van der Waals surface area contributed by atoms with Crippen molar-refractivity contribution in [2.45, 2.75) is 13.3 Å². The fourth-order valence-electron chi connectivity index (χ4n) is 1.42. The number of ether oxygens (including phenoxy) is 1. The number of hydrogen-bond acceptors (Lipinski definition) is 4. The Balaban J connectivity index is 2.33. The van der Waals surface area contributed by atoms with Crippen LogP contribution in [0.1, 0.15) is 5.56 Å². The molecule has 0 aliphatic carbocycles. The van der Waals surface area contributed by atoms with E-state index < -0.39 is 13.0 Å². The molecular formula is C10H10F2N2OS. The van der Waals surface area contributed by atoms with Crippen LogP contribution in [0.2, 0.25) is 0 Å². The van der Waals surface area contributed by atoms with E-state index >= 15 is 0 Å². The molecule has 0 saturated heterocycles. The molecule has 86 valence electrons. The van der Waals surface area contributed by atoms with Crippen LogP contribution in [0.4, 0.5) is 13.9 Å². The number of alkyl halides is 2. The van der Waals surface area contributed by atoms with Crippen molar-refractivity contribution in [3.05, 3.63) is 17.7 Å². The van der Waals surface area contributed by atoms with Crippen LogP contribution in [0.25, 0.3) is 10.2 Å². The second kappa shape index (κ2) is 4.21. The van der Waals surface area contributed by atoms with Gasteiger partial charge in [0.1, 0.15) is 12.4 Å². The molecule has 0 bridgehead atoms. The maximum atomic E-state index is 12.0. The summed E-state index contributed by atoms with van der Waals surface area (Å²) in [6.45, 7) is 1.25. The van der Waals surface area contributed by atoms with E-state index in [0.717, 1.165) is 15.8 Å². The SMILES string of the molecule is Cc1cc(OCC(F)F)cc2sc(N)nc12. The number of nitrogen functional groups attached to an aromatic ring is 1. The van der Waals surface area contributed by atoms with E-state index in [0.29, 0.717) is 10.9 Å². The van der Waals surface area contributed by atoms with Gasteiger partial charge in [-0.25, -0.2) is 13.8 Å². The molecule has 0 unspecified atom stereocenters. The van der Waals surface area contributed by atoms with Crippen molar-refractivity contribution in [3.63, 3.8) is 0 Å². The zero-order chi connectivity index (χ0) is 11.7. The van der Waals surface area contributed by atoms with Gasteiger partial charge in [-0.05, 0) is 24.6 Å². The van der Waals surface area contributed by atoms with Gasteiger partial charge in [0.05, 0.1) is 10.2 Å². The molecule has 0 fully saturated rings. The lowest BCUT2D eigenvalue weighted by molar-refractivity contribution is 0.0819. The Kier molecular flexibility index (Phi) is 2.91. The van der Waals surface area contributed by atoms with Crippen molar-refractivity contribution in [2.75, 3.05) is 12.3 Å². The van der Waals surface area contributed by atoms with E-state index in [-0.39, 0.29) is 0 Å². The third-order valence-electron chi connectivity index (χ3n) is 2.05. The summed E-state index contributed by atoms with van der Waals surface area (Å²) >= 11 is 1.31. The summed E-state index contributed by atoms with van der Waals surface area (Å²) in [6.07, 6.45) is -2.47. The van der Waals surface area contributed by atoms with Crippen LogP contribution < -0.4 is 10.5 Å². The molecule has 2 rings (SSSR count). The first-order valence-corrected chi connectivity index (χ1v) is 5.45. The molecule has 0 aliphatic heterocycles. The number of nitrogens with two attached hydrogens (primary N) is 1. The Labute approximate surface area is 94.9 Å². The molecule has 2 aromatic rings. The number of thiazole rings is 1. The predicted molar refractivity (Wildman–Crippen MR) is 60.3 cm³/mol. The summed E-state index contributed by atoms with van der Waals surface area (Å²) in [7, 11) is 0. The number of halogens is 2. The van der Waals surface area contributed by atoms with Crippen molar-refractivity contribution in [1.82, 2.24) is 4.98 Å². The van der Waals surface area contributed by atoms with Gasteiger partial charge in [0.15, 0.2) is 5.13 Å². The lowest BCUT2D eigenvalue weighted by Crippen LogP contribution is -2.06. The number of hydrogen-bond donors (Lipinski definition) is 1. The second-order valence-electron chi connectivity index (χ2n) is 3.34. The van der Waals surface area contributed by atoms with Crippen molar-refractivity contribution >= 4 is 26.7 Å². The zero-order valence-corrected chi connectivity index (χ0v) is 9.35. The number of rotatable bonds is 3. The van der Waals surface area contributed by atoms with E-state index in [1.807, 2.05) is 6.92 Å². The van der Waals surface area contributed by atoms with Gasteiger partial charge in [0.2, 0.25) is 0 Å². The number of aryl methyl sites for hydroxylation is 1. The summed E-state index contributed by atoms with van der Waals surface area (Å²) in [5, 5.41) is 0.462. The summed E-state index contributed by atoms with van der Waals surface area (Å²) in [4.78, 5) is 4.14. The van der Waals surface area contributed by atoms with Gasteiger partial charge in [0, 0.05) is 0 Å². The van der Waals surface area contributed by atoms with Gasteiger partial charge in [-0.15, -0.1) is 0 Å². The number of nitrogens with zero attached hydrogens (tertiary/aromatic N) is 1. The van der Waals surface area contributed by atoms with Crippen LogP contribution >= 0.6 is 11.3 Å². The molecule has 1 heterocycles. The highest BCUT2D eigenvalue weighted by Crippen LogP contribution is 2.30. The van der Waals surface area contributed by atoms with Crippen LogP contribution in [0.5, 0.6) is 5.75 Å². The summed E-state index contributed by atoms with van der Waals surface area (Å²) in [5.74, 6) is 0.425. The van der Waals surface area contributed by atoms with E-state index in [2.05, 4.69) is 4.98 Å².